The fourth-order valence-corrected chi connectivity index (χ4v) is 2.37. The number of hydrogen-bond acceptors (Lipinski definition) is 3. The first-order chi connectivity index (χ1) is 11.4. The van der Waals surface area contributed by atoms with Crippen LogP contribution in [0.4, 0.5) is 24.8 Å². The van der Waals surface area contributed by atoms with Gasteiger partial charge in [0, 0.05) is 6.20 Å². The third-order valence-corrected chi connectivity index (χ3v) is 3.44. The molecule has 0 radical (unpaired) electrons. The third kappa shape index (κ3) is 3.83. The van der Waals surface area contributed by atoms with E-state index in [2.05, 4.69) is 15.3 Å². The molecule has 0 saturated carbocycles. The molecule has 1 aromatic carbocycles. The van der Waals surface area contributed by atoms with Crippen molar-refractivity contribution in [2.45, 2.75) is 6.18 Å². The molecule has 3 aromatic rings. The molecular formula is C17H11ClF3N3. The molecule has 0 spiro atoms. The molecule has 2 heterocycles. The van der Waals surface area contributed by atoms with Gasteiger partial charge in [0.15, 0.2) is 0 Å². The quantitative estimate of drug-likeness (QED) is 0.629. The van der Waals surface area contributed by atoms with Crippen LogP contribution in [0.1, 0.15) is 5.56 Å². The first kappa shape index (κ1) is 16.3. The van der Waals surface area contributed by atoms with Crippen LogP contribution < -0.4 is 5.32 Å². The molecule has 1 N–H and O–H groups in total. The maximum Gasteiger partial charge on any atom is 0.416 e. The Kier molecular flexibility index (Phi) is 4.40. The molecule has 122 valence electrons. The summed E-state index contributed by atoms with van der Waals surface area (Å²) in [5.74, 6) is 0.354. The summed E-state index contributed by atoms with van der Waals surface area (Å²) in [5, 5.41) is 2.99. The Hall–Kier alpha value is -2.60. The Morgan fingerprint density at radius 3 is 2.33 bits per heavy atom. The molecule has 0 aliphatic carbocycles. The lowest BCUT2D eigenvalue weighted by atomic mass is 10.1. The number of aromatic nitrogens is 2. The Morgan fingerprint density at radius 2 is 1.62 bits per heavy atom. The van der Waals surface area contributed by atoms with Crippen molar-refractivity contribution in [3.63, 3.8) is 0 Å². The molecule has 3 nitrogen and oxygen atoms in total. The van der Waals surface area contributed by atoms with Crippen molar-refractivity contribution < 1.29 is 13.2 Å². The summed E-state index contributed by atoms with van der Waals surface area (Å²) in [6.07, 6.45) is -3.34. The SMILES string of the molecule is FC(F)(F)c1ccnc(Nc2cc(-c3ccccc3)cc(Cl)n2)c1. The zero-order valence-corrected chi connectivity index (χ0v) is 12.9. The van der Waals surface area contributed by atoms with Gasteiger partial charge in [0.25, 0.3) is 0 Å². The van der Waals surface area contributed by atoms with Crippen LogP contribution in [0.15, 0.2) is 60.8 Å². The van der Waals surface area contributed by atoms with Gasteiger partial charge in [-0.05, 0) is 35.4 Å². The maximum atomic E-state index is 12.8. The van der Waals surface area contributed by atoms with Gasteiger partial charge >= 0.3 is 6.18 Å². The molecule has 0 amide bonds. The summed E-state index contributed by atoms with van der Waals surface area (Å²) < 4.78 is 38.3. The van der Waals surface area contributed by atoms with Crippen LogP contribution in [0.3, 0.4) is 0 Å². The van der Waals surface area contributed by atoms with Gasteiger partial charge in [0.05, 0.1) is 5.56 Å². The first-order valence-corrected chi connectivity index (χ1v) is 7.33. The highest BCUT2D eigenvalue weighted by atomic mass is 35.5. The van der Waals surface area contributed by atoms with Crippen molar-refractivity contribution >= 4 is 23.2 Å². The lowest BCUT2D eigenvalue weighted by molar-refractivity contribution is -0.137. The summed E-state index contributed by atoms with van der Waals surface area (Å²) >= 11 is 6.02. The highest BCUT2D eigenvalue weighted by Crippen LogP contribution is 2.31. The molecule has 0 bridgehead atoms. The summed E-state index contributed by atoms with van der Waals surface area (Å²) in [4.78, 5) is 7.97. The minimum Gasteiger partial charge on any atom is -0.325 e. The van der Waals surface area contributed by atoms with Crippen LogP contribution in [0.25, 0.3) is 11.1 Å². The molecule has 0 aliphatic rings. The van der Waals surface area contributed by atoms with Crippen molar-refractivity contribution in [2.24, 2.45) is 0 Å². The van der Waals surface area contributed by atoms with Crippen molar-refractivity contribution in [1.82, 2.24) is 9.97 Å². The summed E-state index contributed by atoms with van der Waals surface area (Å²) in [6.45, 7) is 0. The van der Waals surface area contributed by atoms with E-state index >= 15 is 0 Å². The molecule has 0 aliphatic heterocycles. The molecular weight excluding hydrogens is 339 g/mol. The smallest absolute Gasteiger partial charge is 0.325 e. The second-order valence-electron chi connectivity index (χ2n) is 4.98. The van der Waals surface area contributed by atoms with E-state index in [0.29, 0.717) is 5.82 Å². The Labute approximate surface area is 141 Å². The Morgan fingerprint density at radius 1 is 0.875 bits per heavy atom. The third-order valence-electron chi connectivity index (χ3n) is 3.24. The number of anilines is 2. The number of hydrogen-bond donors (Lipinski definition) is 1. The van der Waals surface area contributed by atoms with Gasteiger partial charge in [0.2, 0.25) is 0 Å². The fourth-order valence-electron chi connectivity index (χ4n) is 2.16. The average Bonchev–Trinajstić information content (AvgIpc) is 2.54. The van der Waals surface area contributed by atoms with Crippen LogP contribution in [0.5, 0.6) is 0 Å². The Bertz CT molecular complexity index is 851. The van der Waals surface area contributed by atoms with E-state index in [9.17, 15) is 13.2 Å². The van der Waals surface area contributed by atoms with Gasteiger partial charge in [-0.3, -0.25) is 0 Å². The molecule has 0 saturated heterocycles. The topological polar surface area (TPSA) is 37.8 Å². The van der Waals surface area contributed by atoms with Gasteiger partial charge in [-0.1, -0.05) is 41.9 Å². The zero-order chi connectivity index (χ0) is 17.2. The highest BCUT2D eigenvalue weighted by molar-refractivity contribution is 6.29. The van der Waals surface area contributed by atoms with Crippen molar-refractivity contribution in [1.29, 1.82) is 0 Å². The molecule has 0 fully saturated rings. The number of alkyl halides is 3. The lowest BCUT2D eigenvalue weighted by Gasteiger charge is -2.11. The zero-order valence-electron chi connectivity index (χ0n) is 12.2. The van der Waals surface area contributed by atoms with Crippen molar-refractivity contribution in [2.75, 3.05) is 5.32 Å². The van der Waals surface area contributed by atoms with Gasteiger partial charge < -0.3 is 5.32 Å². The van der Waals surface area contributed by atoms with E-state index in [1.807, 2.05) is 30.3 Å². The van der Waals surface area contributed by atoms with Crippen LogP contribution >= 0.6 is 11.6 Å². The van der Waals surface area contributed by atoms with Crippen LogP contribution in [0.2, 0.25) is 5.15 Å². The molecule has 7 heteroatoms. The minimum absolute atomic E-state index is 0.0404. The maximum absolute atomic E-state index is 12.8. The fraction of sp³-hybridized carbons (Fsp3) is 0.0588. The molecule has 0 atom stereocenters. The number of benzene rings is 1. The van der Waals surface area contributed by atoms with Gasteiger partial charge in [0.1, 0.15) is 16.8 Å². The molecule has 3 rings (SSSR count). The normalized spacial score (nSPS) is 11.3. The van der Waals surface area contributed by atoms with E-state index in [1.165, 1.54) is 0 Å². The second-order valence-corrected chi connectivity index (χ2v) is 5.37. The second kappa shape index (κ2) is 6.49. The van der Waals surface area contributed by atoms with Crippen LogP contribution in [0, 0.1) is 0 Å². The van der Waals surface area contributed by atoms with Gasteiger partial charge in [-0.2, -0.15) is 13.2 Å². The minimum atomic E-state index is -4.43. The number of nitrogens with zero attached hydrogens (tertiary/aromatic N) is 2. The monoisotopic (exact) mass is 349 g/mol. The van der Waals surface area contributed by atoms with E-state index in [0.717, 1.165) is 29.5 Å². The predicted octanol–water partition coefficient (Wildman–Crippen LogP) is 5.56. The van der Waals surface area contributed by atoms with Gasteiger partial charge in [-0.15, -0.1) is 0 Å². The average molecular weight is 350 g/mol. The predicted molar refractivity (Wildman–Crippen MR) is 87.2 cm³/mol. The van der Waals surface area contributed by atoms with E-state index in [4.69, 9.17) is 11.6 Å². The van der Waals surface area contributed by atoms with E-state index in [-0.39, 0.29) is 11.0 Å². The summed E-state index contributed by atoms with van der Waals surface area (Å²) in [5.41, 5.74) is 0.928. The number of halogens is 4. The van der Waals surface area contributed by atoms with Gasteiger partial charge in [-0.25, -0.2) is 9.97 Å². The lowest BCUT2D eigenvalue weighted by Crippen LogP contribution is -2.06. The Balaban J connectivity index is 1.92. The van der Waals surface area contributed by atoms with Crippen LogP contribution in [-0.2, 0) is 6.18 Å². The molecule has 2 aromatic heterocycles. The number of nitrogens with one attached hydrogen (secondary N) is 1. The molecule has 24 heavy (non-hydrogen) atoms. The summed E-state index contributed by atoms with van der Waals surface area (Å²) in [7, 11) is 0. The van der Waals surface area contributed by atoms with Crippen molar-refractivity contribution in [3.8, 4) is 11.1 Å². The highest BCUT2D eigenvalue weighted by Gasteiger charge is 2.30. The van der Waals surface area contributed by atoms with Crippen LogP contribution in [-0.4, -0.2) is 9.97 Å². The first-order valence-electron chi connectivity index (χ1n) is 6.95. The largest absolute Gasteiger partial charge is 0.416 e. The number of rotatable bonds is 3. The van der Waals surface area contributed by atoms with E-state index < -0.39 is 11.7 Å². The van der Waals surface area contributed by atoms with Crippen molar-refractivity contribution in [3.05, 3.63) is 71.5 Å². The summed E-state index contributed by atoms with van der Waals surface area (Å²) in [6, 6.07) is 14.7. The van der Waals surface area contributed by atoms with E-state index in [1.54, 1.807) is 12.1 Å². The molecule has 0 unspecified atom stereocenters. The number of pyridine rings is 2. The standard InChI is InChI=1S/C17H11ClF3N3/c18-14-8-12(11-4-2-1-3-5-11)9-16(23-14)24-15-10-13(6-7-22-15)17(19,20)21/h1-10H,(H,22,23,24).